The molecule has 0 radical (unpaired) electrons. The van der Waals surface area contributed by atoms with E-state index in [-0.39, 0.29) is 5.54 Å². The lowest BCUT2D eigenvalue weighted by atomic mass is 9.84. The molecule has 0 saturated heterocycles. The summed E-state index contributed by atoms with van der Waals surface area (Å²) in [5.74, 6) is 0. The van der Waals surface area contributed by atoms with Gasteiger partial charge in [-0.05, 0) is 65.0 Å². The van der Waals surface area contributed by atoms with Gasteiger partial charge >= 0.3 is 0 Å². The van der Waals surface area contributed by atoms with Gasteiger partial charge in [-0.2, -0.15) is 0 Å². The minimum atomic E-state index is 0.114. The number of rotatable bonds is 6. The van der Waals surface area contributed by atoms with E-state index in [1.807, 2.05) is 13.1 Å². The van der Waals surface area contributed by atoms with Gasteiger partial charge in [-0.15, -0.1) is 0 Å². The van der Waals surface area contributed by atoms with Crippen molar-refractivity contribution in [1.82, 2.24) is 10.2 Å². The van der Waals surface area contributed by atoms with Crippen molar-refractivity contribution in [3.05, 3.63) is 34.3 Å². The summed E-state index contributed by atoms with van der Waals surface area (Å²) in [6, 6.07) is 6.69. The molecule has 2 unspecified atom stereocenters. The van der Waals surface area contributed by atoms with Crippen molar-refractivity contribution in [2.75, 3.05) is 21.1 Å². The van der Waals surface area contributed by atoms with E-state index in [1.54, 1.807) is 0 Å². The molecule has 2 nitrogen and oxygen atoms in total. The summed E-state index contributed by atoms with van der Waals surface area (Å²) in [6.07, 6.45) is 2.03. The molecule has 0 heterocycles. The van der Waals surface area contributed by atoms with E-state index < -0.39 is 0 Å². The highest BCUT2D eigenvalue weighted by molar-refractivity contribution is 6.31. The highest BCUT2D eigenvalue weighted by atomic mass is 35.5. The van der Waals surface area contributed by atoms with Gasteiger partial charge in [-0.1, -0.05) is 30.7 Å². The van der Waals surface area contributed by atoms with Crippen LogP contribution in [0.3, 0.4) is 0 Å². The normalized spacial score (nSPS) is 16.4. The van der Waals surface area contributed by atoms with Gasteiger partial charge in [0.2, 0.25) is 0 Å². The predicted octanol–water partition coefficient (Wildman–Crippen LogP) is 3.51. The average molecular weight is 283 g/mol. The van der Waals surface area contributed by atoms with Gasteiger partial charge in [0, 0.05) is 16.6 Å². The van der Waals surface area contributed by atoms with Gasteiger partial charge in [0.05, 0.1) is 0 Å². The lowest BCUT2D eigenvalue weighted by Crippen LogP contribution is -2.56. The number of likely N-dealkylation sites (N-methyl/N-ethyl adjacent to an activating group) is 2. The molecule has 0 bridgehead atoms. The minimum Gasteiger partial charge on any atom is -0.315 e. The van der Waals surface area contributed by atoms with E-state index in [0.29, 0.717) is 6.04 Å². The smallest absolute Gasteiger partial charge is 0.0441 e. The molecule has 3 heteroatoms. The molecule has 2 atom stereocenters. The van der Waals surface area contributed by atoms with Gasteiger partial charge in [0.15, 0.2) is 0 Å². The highest BCUT2D eigenvalue weighted by Crippen LogP contribution is 2.26. The summed E-state index contributed by atoms with van der Waals surface area (Å²) < 4.78 is 0. The lowest BCUT2D eigenvalue weighted by Gasteiger charge is -2.43. The summed E-state index contributed by atoms with van der Waals surface area (Å²) in [6.45, 7) is 6.61. The number of nitrogens with zero attached hydrogens (tertiary/aromatic N) is 1. The second-order valence-corrected chi connectivity index (χ2v) is 6.15. The molecule has 1 rings (SSSR count). The van der Waals surface area contributed by atoms with Crippen molar-refractivity contribution >= 4 is 11.6 Å². The van der Waals surface area contributed by atoms with Crippen LogP contribution in [0.25, 0.3) is 0 Å². The monoisotopic (exact) mass is 282 g/mol. The van der Waals surface area contributed by atoms with E-state index in [2.05, 4.69) is 57.2 Å². The largest absolute Gasteiger partial charge is 0.315 e. The van der Waals surface area contributed by atoms with Crippen LogP contribution in [0, 0.1) is 6.92 Å². The maximum Gasteiger partial charge on any atom is 0.0441 e. The van der Waals surface area contributed by atoms with E-state index in [9.17, 15) is 0 Å². The van der Waals surface area contributed by atoms with E-state index in [0.717, 1.165) is 17.9 Å². The topological polar surface area (TPSA) is 15.3 Å². The Balaban J connectivity index is 2.99. The Bertz CT molecular complexity index is 417. The number of benzene rings is 1. The molecular formula is C16H27ClN2. The maximum absolute atomic E-state index is 6.36. The fraction of sp³-hybridized carbons (Fsp3) is 0.625. The van der Waals surface area contributed by atoms with Crippen molar-refractivity contribution in [2.45, 2.75) is 45.2 Å². The Morgan fingerprint density at radius 1 is 1.37 bits per heavy atom. The van der Waals surface area contributed by atoms with Crippen molar-refractivity contribution < 1.29 is 0 Å². The third-order valence-corrected chi connectivity index (χ3v) is 4.82. The van der Waals surface area contributed by atoms with Crippen LogP contribution in [0.5, 0.6) is 0 Å². The third kappa shape index (κ3) is 3.71. The van der Waals surface area contributed by atoms with Crippen LogP contribution < -0.4 is 5.32 Å². The van der Waals surface area contributed by atoms with Gasteiger partial charge in [-0.3, -0.25) is 0 Å². The molecule has 19 heavy (non-hydrogen) atoms. The number of hydrogen-bond donors (Lipinski definition) is 1. The number of aryl methyl sites for hydroxylation is 1. The molecular weight excluding hydrogens is 256 g/mol. The Morgan fingerprint density at radius 2 is 2.00 bits per heavy atom. The van der Waals surface area contributed by atoms with Crippen LogP contribution in [0.15, 0.2) is 18.2 Å². The quantitative estimate of drug-likeness (QED) is 0.859. The zero-order chi connectivity index (χ0) is 14.6. The molecule has 1 aromatic carbocycles. The summed E-state index contributed by atoms with van der Waals surface area (Å²) in [4.78, 5) is 2.30. The molecule has 0 aliphatic carbocycles. The van der Waals surface area contributed by atoms with Crippen LogP contribution in [-0.2, 0) is 6.42 Å². The second kappa shape index (κ2) is 6.74. The van der Waals surface area contributed by atoms with Crippen molar-refractivity contribution in [2.24, 2.45) is 0 Å². The molecule has 0 aromatic heterocycles. The van der Waals surface area contributed by atoms with Crippen LogP contribution in [-0.4, -0.2) is 37.6 Å². The Morgan fingerprint density at radius 3 is 2.42 bits per heavy atom. The van der Waals surface area contributed by atoms with Crippen molar-refractivity contribution in [3.63, 3.8) is 0 Å². The van der Waals surface area contributed by atoms with Crippen molar-refractivity contribution in [1.29, 1.82) is 0 Å². The predicted molar refractivity (Wildman–Crippen MR) is 85.1 cm³/mol. The molecule has 108 valence electrons. The SMILES string of the molecule is CCC(C)(C(Cc1ccc(C)cc1Cl)NC)N(C)C. The summed E-state index contributed by atoms with van der Waals surface area (Å²) in [7, 11) is 6.32. The first-order valence-corrected chi connectivity index (χ1v) is 7.32. The third-order valence-electron chi connectivity index (χ3n) is 4.47. The average Bonchev–Trinajstić information content (AvgIpc) is 2.36. The molecule has 0 amide bonds. The molecule has 0 aliphatic heterocycles. The summed E-state index contributed by atoms with van der Waals surface area (Å²) in [5.41, 5.74) is 2.54. The Labute approximate surface area is 123 Å². The molecule has 0 saturated carbocycles. The molecule has 0 aliphatic rings. The number of nitrogens with one attached hydrogen (secondary N) is 1. The first kappa shape index (κ1) is 16.5. The lowest BCUT2D eigenvalue weighted by molar-refractivity contribution is 0.116. The molecule has 1 aromatic rings. The minimum absolute atomic E-state index is 0.114. The van der Waals surface area contributed by atoms with Gasteiger partial charge < -0.3 is 10.2 Å². The first-order chi connectivity index (χ1) is 8.85. The molecule has 0 fully saturated rings. The molecule has 1 N–H and O–H groups in total. The van der Waals surface area contributed by atoms with Gasteiger partial charge in [0.1, 0.15) is 0 Å². The van der Waals surface area contributed by atoms with Crippen LogP contribution in [0.2, 0.25) is 5.02 Å². The Kier molecular flexibility index (Phi) is 5.84. The van der Waals surface area contributed by atoms with E-state index in [1.165, 1.54) is 11.1 Å². The fourth-order valence-corrected chi connectivity index (χ4v) is 2.86. The van der Waals surface area contributed by atoms with Crippen molar-refractivity contribution in [3.8, 4) is 0 Å². The zero-order valence-corrected chi connectivity index (χ0v) is 13.8. The van der Waals surface area contributed by atoms with E-state index in [4.69, 9.17) is 11.6 Å². The summed E-state index contributed by atoms with van der Waals surface area (Å²) in [5, 5.41) is 4.34. The Hall–Kier alpha value is -0.570. The highest BCUT2D eigenvalue weighted by Gasteiger charge is 2.33. The standard InChI is InChI=1S/C16H27ClN2/c1-7-16(3,19(5)6)15(18-4)11-13-9-8-12(2)10-14(13)17/h8-10,15,18H,7,11H2,1-6H3. The van der Waals surface area contributed by atoms with E-state index >= 15 is 0 Å². The van der Waals surface area contributed by atoms with Crippen LogP contribution >= 0.6 is 11.6 Å². The fourth-order valence-electron chi connectivity index (χ4n) is 2.54. The van der Waals surface area contributed by atoms with Crippen LogP contribution in [0.1, 0.15) is 31.4 Å². The number of hydrogen-bond acceptors (Lipinski definition) is 2. The maximum atomic E-state index is 6.36. The molecule has 0 spiro atoms. The zero-order valence-electron chi connectivity index (χ0n) is 13.0. The van der Waals surface area contributed by atoms with Gasteiger partial charge in [-0.25, -0.2) is 0 Å². The second-order valence-electron chi connectivity index (χ2n) is 5.75. The van der Waals surface area contributed by atoms with Crippen LogP contribution in [0.4, 0.5) is 0 Å². The first-order valence-electron chi connectivity index (χ1n) is 6.94. The summed E-state index contributed by atoms with van der Waals surface area (Å²) >= 11 is 6.36. The van der Waals surface area contributed by atoms with Gasteiger partial charge in [0.25, 0.3) is 0 Å². The number of halogens is 1.